The maximum atomic E-state index is 11.5. The Morgan fingerprint density at radius 1 is 1.33 bits per heavy atom. The van der Waals surface area contributed by atoms with Crippen LogP contribution < -0.4 is 10.1 Å². The quantitative estimate of drug-likeness (QED) is 0.724. The highest BCUT2D eigenvalue weighted by molar-refractivity contribution is 5.78. The minimum atomic E-state index is -1.35. The lowest BCUT2D eigenvalue weighted by atomic mass is 10.1. The number of esters is 1. The van der Waals surface area contributed by atoms with Crippen molar-refractivity contribution in [2.24, 2.45) is 0 Å². The Bertz CT molecular complexity index is 501. The van der Waals surface area contributed by atoms with Crippen LogP contribution in [0.1, 0.15) is 17.5 Å². The maximum absolute atomic E-state index is 11.5. The highest BCUT2D eigenvalue weighted by atomic mass is 16.5. The van der Waals surface area contributed by atoms with Gasteiger partial charge >= 0.3 is 5.97 Å². The molecule has 1 unspecified atom stereocenters. The fourth-order valence-corrected chi connectivity index (χ4v) is 1.65. The molecule has 6 nitrogen and oxygen atoms in total. The molecule has 6 heteroatoms. The van der Waals surface area contributed by atoms with Crippen molar-refractivity contribution in [2.45, 2.75) is 26.4 Å². The van der Waals surface area contributed by atoms with Gasteiger partial charge in [0.05, 0.1) is 26.7 Å². The van der Waals surface area contributed by atoms with Crippen molar-refractivity contribution in [3.63, 3.8) is 0 Å². The topological polar surface area (TPSA) is 84.9 Å². The molecule has 0 bridgehead atoms. The molecule has 2 N–H and O–H groups in total. The van der Waals surface area contributed by atoms with Crippen molar-refractivity contribution in [3.05, 3.63) is 29.3 Å². The van der Waals surface area contributed by atoms with Crippen molar-refractivity contribution in [2.75, 3.05) is 20.3 Å². The number of carbonyl (C=O) groups excluding carboxylic acids is 2. The lowest BCUT2D eigenvalue weighted by Gasteiger charge is -2.12. The van der Waals surface area contributed by atoms with Crippen LogP contribution in [0.3, 0.4) is 0 Å². The number of hydrogen-bond acceptors (Lipinski definition) is 5. The number of nitrogens with one attached hydrogen (secondary N) is 1. The normalized spacial score (nSPS) is 11.6. The first kappa shape index (κ1) is 17.0. The van der Waals surface area contributed by atoms with Gasteiger partial charge in [-0.1, -0.05) is 12.1 Å². The molecule has 1 aromatic rings. The second kappa shape index (κ2) is 8.26. The smallest absolute Gasteiger partial charge is 0.336 e. The number of rotatable bonds is 7. The summed E-state index contributed by atoms with van der Waals surface area (Å²) in [5.41, 5.74) is 2.16. The Morgan fingerprint density at radius 2 is 2.05 bits per heavy atom. The molecule has 0 aliphatic heterocycles. The van der Waals surface area contributed by atoms with E-state index < -0.39 is 12.1 Å². The largest absolute Gasteiger partial charge is 0.493 e. The molecule has 0 fully saturated rings. The first-order valence-electron chi connectivity index (χ1n) is 6.67. The summed E-state index contributed by atoms with van der Waals surface area (Å²) in [4.78, 5) is 22.5. The third-order valence-electron chi connectivity index (χ3n) is 3.11. The molecule has 0 spiro atoms. The van der Waals surface area contributed by atoms with Crippen LogP contribution in [0.25, 0.3) is 0 Å². The SMILES string of the molecule is COC(=O)C(O)CNC(=O)CCOc1cccc(C)c1C. The van der Waals surface area contributed by atoms with E-state index in [2.05, 4.69) is 10.1 Å². The van der Waals surface area contributed by atoms with Crippen LogP contribution in [-0.4, -0.2) is 43.3 Å². The predicted molar refractivity (Wildman–Crippen MR) is 77.1 cm³/mol. The van der Waals surface area contributed by atoms with E-state index in [0.29, 0.717) is 0 Å². The maximum Gasteiger partial charge on any atom is 0.336 e. The summed E-state index contributed by atoms with van der Waals surface area (Å²) in [6, 6.07) is 5.73. The zero-order chi connectivity index (χ0) is 15.8. The number of methoxy groups -OCH3 is 1. The molecule has 0 saturated carbocycles. The van der Waals surface area contributed by atoms with Gasteiger partial charge in [0, 0.05) is 0 Å². The molecule has 1 aromatic carbocycles. The summed E-state index contributed by atoms with van der Waals surface area (Å²) in [6.07, 6.45) is -1.21. The number of carbonyl (C=O) groups is 2. The van der Waals surface area contributed by atoms with E-state index in [1.165, 1.54) is 7.11 Å². The van der Waals surface area contributed by atoms with E-state index in [4.69, 9.17) is 4.74 Å². The molecule has 0 heterocycles. The van der Waals surface area contributed by atoms with E-state index in [-0.39, 0.29) is 25.5 Å². The third-order valence-corrected chi connectivity index (χ3v) is 3.11. The molecule has 0 saturated heterocycles. The minimum Gasteiger partial charge on any atom is -0.493 e. The number of aryl methyl sites for hydroxylation is 1. The van der Waals surface area contributed by atoms with Gasteiger partial charge in [0.15, 0.2) is 6.10 Å². The summed E-state index contributed by atoms with van der Waals surface area (Å²) >= 11 is 0. The molecule has 1 amide bonds. The Labute approximate surface area is 124 Å². The summed E-state index contributed by atoms with van der Waals surface area (Å²) in [5, 5.41) is 11.8. The van der Waals surface area contributed by atoms with Gasteiger partial charge in [-0.25, -0.2) is 4.79 Å². The Kier molecular flexibility index (Phi) is 6.68. The zero-order valence-corrected chi connectivity index (χ0v) is 12.5. The van der Waals surface area contributed by atoms with Gasteiger partial charge in [0.1, 0.15) is 5.75 Å². The van der Waals surface area contributed by atoms with Crippen molar-refractivity contribution >= 4 is 11.9 Å². The van der Waals surface area contributed by atoms with Crippen molar-refractivity contribution in [1.82, 2.24) is 5.32 Å². The molecule has 1 rings (SSSR count). The number of aliphatic hydroxyl groups is 1. The van der Waals surface area contributed by atoms with Gasteiger partial charge in [0.2, 0.25) is 5.91 Å². The number of benzene rings is 1. The Balaban J connectivity index is 2.31. The summed E-state index contributed by atoms with van der Waals surface area (Å²) in [7, 11) is 1.17. The molecule has 21 heavy (non-hydrogen) atoms. The van der Waals surface area contributed by atoms with Crippen LogP contribution in [0.15, 0.2) is 18.2 Å². The van der Waals surface area contributed by atoms with Crippen LogP contribution in [0, 0.1) is 13.8 Å². The number of aliphatic hydroxyl groups excluding tert-OH is 1. The minimum absolute atomic E-state index is 0.140. The fraction of sp³-hybridized carbons (Fsp3) is 0.467. The van der Waals surface area contributed by atoms with Gasteiger partial charge in [-0.05, 0) is 31.0 Å². The molecule has 0 aliphatic carbocycles. The van der Waals surface area contributed by atoms with Crippen molar-refractivity contribution < 1.29 is 24.2 Å². The summed E-state index contributed by atoms with van der Waals surface area (Å²) in [6.45, 7) is 4.00. The van der Waals surface area contributed by atoms with E-state index >= 15 is 0 Å². The fourth-order valence-electron chi connectivity index (χ4n) is 1.65. The van der Waals surface area contributed by atoms with Crippen LogP contribution in [0.5, 0.6) is 5.75 Å². The van der Waals surface area contributed by atoms with Crippen LogP contribution in [0.4, 0.5) is 0 Å². The monoisotopic (exact) mass is 295 g/mol. The number of hydrogen-bond donors (Lipinski definition) is 2. The Hall–Kier alpha value is -2.08. The highest BCUT2D eigenvalue weighted by Gasteiger charge is 2.16. The second-order valence-corrected chi connectivity index (χ2v) is 4.64. The second-order valence-electron chi connectivity index (χ2n) is 4.64. The first-order chi connectivity index (χ1) is 9.95. The third kappa shape index (κ3) is 5.43. The molecular formula is C15H21NO5. The van der Waals surface area contributed by atoms with Crippen molar-refractivity contribution in [1.29, 1.82) is 0 Å². The van der Waals surface area contributed by atoms with Crippen LogP contribution in [-0.2, 0) is 14.3 Å². The highest BCUT2D eigenvalue weighted by Crippen LogP contribution is 2.20. The van der Waals surface area contributed by atoms with E-state index in [0.717, 1.165) is 16.9 Å². The molecule has 1 atom stereocenters. The number of amides is 1. The Morgan fingerprint density at radius 3 is 2.71 bits per heavy atom. The van der Waals surface area contributed by atoms with Gasteiger partial charge in [-0.3, -0.25) is 4.79 Å². The zero-order valence-electron chi connectivity index (χ0n) is 12.5. The predicted octanol–water partition coefficient (Wildman–Crippen LogP) is 0.722. The molecular weight excluding hydrogens is 274 g/mol. The molecule has 0 aromatic heterocycles. The lowest BCUT2D eigenvalue weighted by molar-refractivity contribution is -0.150. The summed E-state index contributed by atoms with van der Waals surface area (Å²) < 4.78 is 9.89. The number of ether oxygens (including phenoxy) is 2. The van der Waals surface area contributed by atoms with E-state index in [1.807, 2.05) is 32.0 Å². The molecule has 0 aliphatic rings. The van der Waals surface area contributed by atoms with E-state index in [9.17, 15) is 14.7 Å². The average Bonchev–Trinajstić information content (AvgIpc) is 2.48. The van der Waals surface area contributed by atoms with Gasteiger partial charge < -0.3 is 19.9 Å². The molecule has 116 valence electrons. The summed E-state index contributed by atoms with van der Waals surface area (Å²) in [5.74, 6) is -0.331. The van der Waals surface area contributed by atoms with Gasteiger partial charge in [-0.15, -0.1) is 0 Å². The van der Waals surface area contributed by atoms with Gasteiger partial charge in [-0.2, -0.15) is 0 Å². The van der Waals surface area contributed by atoms with Crippen LogP contribution in [0.2, 0.25) is 0 Å². The molecule has 0 radical (unpaired) electrons. The lowest BCUT2D eigenvalue weighted by Crippen LogP contribution is -2.37. The van der Waals surface area contributed by atoms with Crippen molar-refractivity contribution in [3.8, 4) is 5.75 Å². The van der Waals surface area contributed by atoms with Crippen LogP contribution >= 0.6 is 0 Å². The van der Waals surface area contributed by atoms with Gasteiger partial charge in [0.25, 0.3) is 0 Å². The van der Waals surface area contributed by atoms with E-state index in [1.54, 1.807) is 0 Å². The average molecular weight is 295 g/mol. The standard InChI is InChI=1S/C15H21NO5/c1-10-5-4-6-13(11(10)2)21-8-7-14(18)16-9-12(17)15(19)20-3/h4-6,12,17H,7-9H2,1-3H3,(H,16,18). The first-order valence-corrected chi connectivity index (χ1v) is 6.67.